The highest BCUT2D eigenvalue weighted by Gasteiger charge is 2.30. The second-order valence-corrected chi connectivity index (χ2v) is 6.86. The Hall–Kier alpha value is -2.59. The maximum Gasteiger partial charge on any atom is 0.416 e. The number of rotatable bonds is 5. The molecule has 0 unspecified atom stereocenters. The number of esters is 1. The lowest BCUT2D eigenvalue weighted by Crippen LogP contribution is -2.15. The summed E-state index contributed by atoms with van der Waals surface area (Å²) in [6, 6.07) is 8.18. The van der Waals surface area contributed by atoms with Crippen molar-refractivity contribution in [2.45, 2.75) is 17.6 Å². The number of methoxy groups -OCH3 is 1. The molecule has 2 rings (SSSR count). The molecular formula is C16H15F3N2O4S. The van der Waals surface area contributed by atoms with Crippen molar-refractivity contribution in [2.75, 3.05) is 12.4 Å². The average molecular weight is 388 g/mol. The third kappa shape index (κ3) is 4.73. The van der Waals surface area contributed by atoms with Crippen LogP contribution in [0, 0.1) is 0 Å². The molecule has 0 radical (unpaired) electrons. The molecule has 0 amide bonds. The van der Waals surface area contributed by atoms with Gasteiger partial charge >= 0.3 is 12.1 Å². The Kier molecular flexibility index (Phi) is 5.57. The van der Waals surface area contributed by atoms with Crippen molar-refractivity contribution in [1.82, 2.24) is 0 Å². The molecular weight excluding hydrogens is 373 g/mol. The van der Waals surface area contributed by atoms with Crippen molar-refractivity contribution in [2.24, 2.45) is 5.14 Å². The van der Waals surface area contributed by atoms with Gasteiger partial charge in [-0.25, -0.2) is 18.4 Å². The summed E-state index contributed by atoms with van der Waals surface area (Å²) in [7, 11) is -2.92. The van der Waals surface area contributed by atoms with Gasteiger partial charge in [0.05, 0.1) is 23.1 Å². The number of halogens is 3. The predicted molar refractivity (Wildman–Crippen MR) is 87.9 cm³/mol. The molecule has 0 aliphatic rings. The van der Waals surface area contributed by atoms with Crippen LogP contribution < -0.4 is 10.5 Å². The van der Waals surface area contributed by atoms with E-state index in [9.17, 15) is 26.4 Å². The van der Waals surface area contributed by atoms with Crippen LogP contribution in [0.25, 0.3) is 0 Å². The Morgan fingerprint density at radius 2 is 1.88 bits per heavy atom. The summed E-state index contributed by atoms with van der Waals surface area (Å²) in [6.45, 7) is -0.0252. The van der Waals surface area contributed by atoms with E-state index in [-0.39, 0.29) is 22.7 Å². The molecule has 0 fully saturated rings. The summed E-state index contributed by atoms with van der Waals surface area (Å²) in [6.07, 6.45) is -4.47. The first-order chi connectivity index (χ1) is 12.0. The molecule has 3 N–H and O–H groups in total. The van der Waals surface area contributed by atoms with Crippen LogP contribution in [0.4, 0.5) is 18.9 Å². The van der Waals surface area contributed by atoms with Gasteiger partial charge < -0.3 is 10.1 Å². The zero-order valence-corrected chi connectivity index (χ0v) is 14.3. The maximum atomic E-state index is 12.8. The number of alkyl halides is 3. The van der Waals surface area contributed by atoms with E-state index >= 15 is 0 Å². The molecule has 140 valence electrons. The Morgan fingerprint density at radius 3 is 2.46 bits per heavy atom. The molecule has 10 heteroatoms. The molecule has 0 saturated carbocycles. The van der Waals surface area contributed by atoms with Crippen molar-refractivity contribution in [1.29, 1.82) is 0 Å². The van der Waals surface area contributed by atoms with Crippen molar-refractivity contribution < 1.29 is 31.1 Å². The van der Waals surface area contributed by atoms with E-state index in [1.807, 2.05) is 0 Å². The number of nitrogens with one attached hydrogen (secondary N) is 1. The minimum atomic E-state index is -4.47. The number of carbonyl (C=O) groups excluding carboxylic acids is 1. The van der Waals surface area contributed by atoms with E-state index in [4.69, 9.17) is 5.14 Å². The highest BCUT2D eigenvalue weighted by molar-refractivity contribution is 7.89. The minimum absolute atomic E-state index is 0.0252. The van der Waals surface area contributed by atoms with Gasteiger partial charge in [0.1, 0.15) is 0 Å². The zero-order valence-electron chi connectivity index (χ0n) is 13.5. The standard InChI is InChI=1S/C16H15F3N2O4S/c1-25-15(22)13-8-12(26(20,23)24)5-6-14(13)21-9-10-3-2-4-11(7-10)16(17,18)19/h2-8,21H,9H2,1H3,(H2,20,23,24). The number of hydrogen-bond donors (Lipinski definition) is 2. The number of hydrogen-bond acceptors (Lipinski definition) is 5. The first kappa shape index (κ1) is 19.7. The van der Waals surface area contributed by atoms with Gasteiger partial charge in [-0.1, -0.05) is 12.1 Å². The summed E-state index contributed by atoms with van der Waals surface area (Å²) in [4.78, 5) is 11.6. The minimum Gasteiger partial charge on any atom is -0.465 e. The average Bonchev–Trinajstić information content (AvgIpc) is 2.57. The normalized spacial score (nSPS) is 11.9. The number of ether oxygens (including phenoxy) is 1. The molecule has 2 aromatic carbocycles. The summed E-state index contributed by atoms with van der Waals surface area (Å²) in [5.41, 5.74) is -0.381. The maximum absolute atomic E-state index is 12.8. The molecule has 2 aromatic rings. The number of anilines is 1. The van der Waals surface area contributed by atoms with Crippen LogP contribution in [-0.2, 0) is 27.5 Å². The lowest BCUT2D eigenvalue weighted by Gasteiger charge is -2.13. The molecule has 0 spiro atoms. The number of benzene rings is 2. The second-order valence-electron chi connectivity index (χ2n) is 5.30. The van der Waals surface area contributed by atoms with Crippen LogP contribution in [0.3, 0.4) is 0 Å². The Labute approximate surface area is 147 Å². The van der Waals surface area contributed by atoms with E-state index in [0.717, 1.165) is 25.3 Å². The number of sulfonamides is 1. The van der Waals surface area contributed by atoms with Crippen LogP contribution in [0.2, 0.25) is 0 Å². The van der Waals surface area contributed by atoms with Crippen LogP contribution in [0.1, 0.15) is 21.5 Å². The lowest BCUT2D eigenvalue weighted by atomic mass is 10.1. The van der Waals surface area contributed by atoms with Crippen molar-refractivity contribution in [3.63, 3.8) is 0 Å². The van der Waals surface area contributed by atoms with Crippen molar-refractivity contribution >= 4 is 21.7 Å². The SMILES string of the molecule is COC(=O)c1cc(S(N)(=O)=O)ccc1NCc1cccc(C(F)(F)F)c1. The molecule has 0 aliphatic heterocycles. The number of nitrogens with two attached hydrogens (primary N) is 1. The topological polar surface area (TPSA) is 98.5 Å². The fourth-order valence-electron chi connectivity index (χ4n) is 2.19. The predicted octanol–water partition coefficient (Wildman–Crippen LogP) is 2.75. The van der Waals surface area contributed by atoms with Gasteiger partial charge in [-0.15, -0.1) is 0 Å². The molecule has 0 aromatic heterocycles. The number of primary sulfonamides is 1. The van der Waals surface area contributed by atoms with E-state index in [1.165, 1.54) is 24.3 Å². The summed E-state index contributed by atoms with van der Waals surface area (Å²) in [5, 5.41) is 7.83. The molecule has 0 bridgehead atoms. The van der Waals surface area contributed by atoms with E-state index in [1.54, 1.807) is 0 Å². The largest absolute Gasteiger partial charge is 0.465 e. The molecule has 0 atom stereocenters. The first-order valence-corrected chi connectivity index (χ1v) is 8.72. The quantitative estimate of drug-likeness (QED) is 0.768. The monoisotopic (exact) mass is 388 g/mol. The molecule has 0 saturated heterocycles. The smallest absolute Gasteiger partial charge is 0.416 e. The highest BCUT2D eigenvalue weighted by atomic mass is 32.2. The fraction of sp³-hybridized carbons (Fsp3) is 0.188. The Bertz CT molecular complexity index is 927. The number of carbonyl (C=O) groups is 1. The lowest BCUT2D eigenvalue weighted by molar-refractivity contribution is -0.137. The van der Waals surface area contributed by atoms with Gasteiger partial charge in [0.2, 0.25) is 10.0 Å². The Balaban J connectivity index is 2.31. The van der Waals surface area contributed by atoms with Crippen LogP contribution >= 0.6 is 0 Å². The van der Waals surface area contributed by atoms with Crippen LogP contribution in [0.5, 0.6) is 0 Å². The summed E-state index contributed by atoms with van der Waals surface area (Å²) in [5.74, 6) is -0.818. The van der Waals surface area contributed by atoms with Crippen molar-refractivity contribution in [3.05, 3.63) is 59.2 Å². The van der Waals surface area contributed by atoms with Gasteiger partial charge in [0.25, 0.3) is 0 Å². The van der Waals surface area contributed by atoms with Crippen molar-refractivity contribution in [3.8, 4) is 0 Å². The first-order valence-electron chi connectivity index (χ1n) is 7.17. The van der Waals surface area contributed by atoms with Gasteiger partial charge in [0, 0.05) is 12.2 Å². The van der Waals surface area contributed by atoms with Gasteiger partial charge in [-0.05, 0) is 35.9 Å². The third-order valence-electron chi connectivity index (χ3n) is 3.46. The van der Waals surface area contributed by atoms with E-state index in [2.05, 4.69) is 10.1 Å². The van der Waals surface area contributed by atoms with Crippen LogP contribution in [0.15, 0.2) is 47.4 Å². The van der Waals surface area contributed by atoms with E-state index in [0.29, 0.717) is 5.56 Å². The molecule has 0 heterocycles. The van der Waals surface area contributed by atoms with Gasteiger partial charge in [-0.2, -0.15) is 13.2 Å². The third-order valence-corrected chi connectivity index (χ3v) is 4.37. The molecule has 26 heavy (non-hydrogen) atoms. The van der Waals surface area contributed by atoms with E-state index < -0.39 is 27.7 Å². The zero-order chi connectivity index (χ0) is 19.5. The second kappa shape index (κ2) is 7.34. The highest BCUT2D eigenvalue weighted by Crippen LogP contribution is 2.30. The summed E-state index contributed by atoms with van der Waals surface area (Å²) >= 11 is 0. The van der Waals surface area contributed by atoms with Crippen LogP contribution in [-0.4, -0.2) is 21.5 Å². The fourth-order valence-corrected chi connectivity index (χ4v) is 2.73. The summed E-state index contributed by atoms with van der Waals surface area (Å²) < 4.78 is 65.7. The Morgan fingerprint density at radius 1 is 1.19 bits per heavy atom. The molecule has 0 aliphatic carbocycles. The molecule has 6 nitrogen and oxygen atoms in total. The van der Waals surface area contributed by atoms with Gasteiger partial charge in [0.15, 0.2) is 0 Å². The van der Waals surface area contributed by atoms with Gasteiger partial charge in [-0.3, -0.25) is 0 Å².